The summed E-state index contributed by atoms with van der Waals surface area (Å²) in [5, 5.41) is 2.08. The Kier molecular flexibility index (Phi) is 7.99. The fourth-order valence-corrected chi connectivity index (χ4v) is 6.97. The Labute approximate surface area is 257 Å². The zero-order valence-corrected chi connectivity index (χ0v) is 25.1. The highest BCUT2D eigenvalue weighted by atomic mass is 32.2. The van der Waals surface area contributed by atoms with E-state index in [4.69, 9.17) is 4.74 Å². The normalized spacial score (nSPS) is 14.6. The van der Waals surface area contributed by atoms with E-state index in [1.807, 2.05) is 0 Å². The number of nitrogens with zero attached hydrogens (tertiary/aromatic N) is 4. The van der Waals surface area contributed by atoms with E-state index >= 15 is 8.78 Å². The van der Waals surface area contributed by atoms with Gasteiger partial charge in [0.2, 0.25) is 15.7 Å². The number of alkyl carbamates (subject to hydrolysis) is 1. The Bertz CT molecular complexity index is 1970. The van der Waals surface area contributed by atoms with Gasteiger partial charge in [0.25, 0.3) is 0 Å². The summed E-state index contributed by atoms with van der Waals surface area (Å²) < 4.78 is 66.6. The van der Waals surface area contributed by atoms with Crippen LogP contribution < -0.4 is 5.32 Å². The number of H-pyrrole nitrogens is 1. The number of benzene rings is 2. The Morgan fingerprint density at radius 1 is 1.02 bits per heavy atom. The molecule has 2 N–H and O–H groups in total. The molecule has 1 fully saturated rings. The van der Waals surface area contributed by atoms with Crippen molar-refractivity contribution in [3.63, 3.8) is 0 Å². The van der Waals surface area contributed by atoms with E-state index in [9.17, 15) is 18.0 Å². The number of carbonyl (C=O) groups is 2. The minimum atomic E-state index is -4.29. The molecule has 0 spiro atoms. The number of sulfone groups is 1. The van der Waals surface area contributed by atoms with E-state index in [1.165, 1.54) is 23.6 Å². The molecule has 234 valence electrons. The van der Waals surface area contributed by atoms with E-state index in [0.29, 0.717) is 36.9 Å². The molecule has 2 amide bonds. The first-order valence-electron chi connectivity index (χ1n) is 14.3. The number of fused-ring (bicyclic) bond motifs is 3. The first-order chi connectivity index (χ1) is 21.6. The van der Waals surface area contributed by atoms with Crippen molar-refractivity contribution in [3.05, 3.63) is 84.3 Å². The van der Waals surface area contributed by atoms with Crippen molar-refractivity contribution in [2.24, 2.45) is 0 Å². The minimum absolute atomic E-state index is 0.0647. The van der Waals surface area contributed by atoms with Gasteiger partial charge in [0.1, 0.15) is 17.8 Å². The highest BCUT2D eigenvalue weighted by molar-refractivity contribution is 7.91. The summed E-state index contributed by atoms with van der Waals surface area (Å²) in [7, 11) is -4.29. The lowest BCUT2D eigenvalue weighted by atomic mass is 10.0. The number of hydrogen-bond acceptors (Lipinski definition) is 7. The number of amides is 2. The molecule has 0 radical (unpaired) electrons. The van der Waals surface area contributed by atoms with Crippen LogP contribution in [0.25, 0.3) is 22.1 Å². The van der Waals surface area contributed by atoms with Crippen molar-refractivity contribution in [1.29, 1.82) is 0 Å². The average molecular weight is 637 g/mol. The third kappa shape index (κ3) is 5.84. The predicted molar refractivity (Wildman–Crippen MR) is 160 cm³/mol. The van der Waals surface area contributed by atoms with Gasteiger partial charge in [-0.2, -0.15) is 8.78 Å². The van der Waals surface area contributed by atoms with Gasteiger partial charge in [0.05, 0.1) is 17.0 Å². The fraction of sp³-hybridized carbons (Fsp3) is 0.290. The number of carbonyl (C=O) groups excluding carboxylic acids is 2. The molecule has 0 bridgehead atoms. The van der Waals surface area contributed by atoms with Gasteiger partial charge in [-0.05, 0) is 36.6 Å². The minimum Gasteiger partial charge on any atom is -0.445 e. The van der Waals surface area contributed by atoms with Crippen LogP contribution in [0.5, 0.6) is 0 Å². The van der Waals surface area contributed by atoms with Gasteiger partial charge in [-0.1, -0.05) is 48.5 Å². The molecule has 4 heterocycles. The van der Waals surface area contributed by atoms with Gasteiger partial charge in [0.15, 0.2) is 10.9 Å². The number of rotatable bonds is 8. The summed E-state index contributed by atoms with van der Waals surface area (Å²) in [5.41, 5.74) is 0.852. The second kappa shape index (κ2) is 11.9. The van der Waals surface area contributed by atoms with Crippen LogP contribution in [0.1, 0.15) is 37.2 Å². The molecule has 1 aliphatic heterocycles. The van der Waals surface area contributed by atoms with Crippen molar-refractivity contribution >= 4 is 43.9 Å². The lowest BCUT2D eigenvalue weighted by Crippen LogP contribution is -2.40. The standard InChI is InChI=1S/C31H30F2N6O5S/c1-20(40)38-16-13-22(14-17-38)39-26-24-12-15-34-27(24)37-28(45(42,43)23-10-6-3-7-11-23)25(26)36-29(39)31(32,33)19-35-30(41)44-18-21-8-4-2-5-9-21/h2-12,15,22H,13-14,16-19H2,1H3,(H,34,37)(H,35,41). The van der Waals surface area contributed by atoms with Gasteiger partial charge >= 0.3 is 12.0 Å². The monoisotopic (exact) mass is 636 g/mol. The number of aromatic amines is 1. The van der Waals surface area contributed by atoms with E-state index in [2.05, 4.69) is 20.3 Å². The molecule has 0 aliphatic carbocycles. The Balaban J connectivity index is 1.44. The number of ether oxygens (including phenoxy) is 1. The molecule has 14 heteroatoms. The van der Waals surface area contributed by atoms with E-state index in [0.717, 1.165) is 0 Å². The maximum absolute atomic E-state index is 16.2. The predicted octanol–water partition coefficient (Wildman–Crippen LogP) is 4.95. The maximum atomic E-state index is 16.2. The van der Waals surface area contributed by atoms with Crippen LogP contribution in [-0.2, 0) is 31.9 Å². The van der Waals surface area contributed by atoms with E-state index in [-0.39, 0.29) is 34.1 Å². The number of imidazole rings is 1. The summed E-state index contributed by atoms with van der Waals surface area (Å²) in [6.07, 6.45) is 1.16. The lowest BCUT2D eigenvalue weighted by molar-refractivity contribution is -0.130. The zero-order chi connectivity index (χ0) is 31.8. The molecule has 1 aliphatic rings. The van der Waals surface area contributed by atoms with Gasteiger partial charge in [0, 0.05) is 37.6 Å². The first-order valence-corrected chi connectivity index (χ1v) is 15.8. The summed E-state index contributed by atoms with van der Waals surface area (Å²) in [4.78, 5) is 37.5. The third-order valence-corrected chi connectivity index (χ3v) is 9.57. The fourth-order valence-electron chi connectivity index (χ4n) is 5.63. The molecule has 11 nitrogen and oxygen atoms in total. The van der Waals surface area contributed by atoms with Crippen LogP contribution >= 0.6 is 0 Å². The zero-order valence-electron chi connectivity index (χ0n) is 24.2. The number of halogens is 2. The molecule has 45 heavy (non-hydrogen) atoms. The van der Waals surface area contributed by atoms with Crippen molar-refractivity contribution in [3.8, 4) is 0 Å². The van der Waals surface area contributed by atoms with Crippen molar-refractivity contribution in [2.75, 3.05) is 19.6 Å². The summed E-state index contributed by atoms with van der Waals surface area (Å²) >= 11 is 0. The second-order valence-electron chi connectivity index (χ2n) is 10.8. The molecule has 0 saturated carbocycles. The van der Waals surface area contributed by atoms with Gasteiger partial charge in [-0.15, -0.1) is 0 Å². The number of pyridine rings is 1. The van der Waals surface area contributed by atoms with Crippen molar-refractivity contribution < 1.29 is 31.5 Å². The van der Waals surface area contributed by atoms with E-state index < -0.39 is 45.3 Å². The third-order valence-electron chi connectivity index (χ3n) is 7.88. The largest absolute Gasteiger partial charge is 0.445 e. The molecular formula is C31H30F2N6O5S. The van der Waals surface area contributed by atoms with Gasteiger partial charge < -0.3 is 24.5 Å². The van der Waals surface area contributed by atoms with Crippen LogP contribution in [-0.4, -0.2) is 64.5 Å². The lowest BCUT2D eigenvalue weighted by Gasteiger charge is -2.34. The van der Waals surface area contributed by atoms with Crippen LogP contribution in [0.2, 0.25) is 0 Å². The summed E-state index contributed by atoms with van der Waals surface area (Å²) in [5.74, 6) is -4.60. The molecule has 1 saturated heterocycles. The molecule has 0 atom stereocenters. The molecule has 0 unspecified atom stereocenters. The second-order valence-corrected chi connectivity index (χ2v) is 12.7. The molecule has 5 aromatic rings. The number of nitrogens with one attached hydrogen (secondary N) is 2. The van der Waals surface area contributed by atoms with Crippen LogP contribution in [0.15, 0.2) is 82.8 Å². The maximum Gasteiger partial charge on any atom is 0.407 e. The number of hydrogen-bond donors (Lipinski definition) is 2. The number of aromatic nitrogens is 4. The first kappa shape index (κ1) is 30.2. The van der Waals surface area contributed by atoms with Crippen molar-refractivity contribution in [1.82, 2.24) is 29.7 Å². The smallest absolute Gasteiger partial charge is 0.407 e. The highest BCUT2D eigenvalue weighted by Gasteiger charge is 2.42. The number of likely N-dealkylation sites (tertiary alicyclic amines) is 1. The topological polar surface area (TPSA) is 139 Å². The van der Waals surface area contributed by atoms with Crippen molar-refractivity contribution in [2.45, 2.75) is 48.3 Å². The summed E-state index contributed by atoms with van der Waals surface area (Å²) in [6.45, 7) is 0.839. The Hall–Kier alpha value is -4.85. The molecule has 3 aromatic heterocycles. The van der Waals surface area contributed by atoms with Gasteiger partial charge in [-0.3, -0.25) is 4.79 Å². The molecule has 6 rings (SSSR count). The average Bonchev–Trinajstić information content (AvgIpc) is 3.69. The Morgan fingerprint density at radius 2 is 1.69 bits per heavy atom. The molecular weight excluding hydrogens is 606 g/mol. The number of piperidine rings is 1. The van der Waals surface area contributed by atoms with Crippen LogP contribution in [0.4, 0.5) is 13.6 Å². The van der Waals surface area contributed by atoms with E-state index in [1.54, 1.807) is 65.7 Å². The van der Waals surface area contributed by atoms with Gasteiger partial charge in [-0.25, -0.2) is 23.2 Å². The number of alkyl halides is 2. The van der Waals surface area contributed by atoms with Crippen LogP contribution in [0.3, 0.4) is 0 Å². The SMILES string of the molecule is CC(=O)N1CCC(n2c(C(F)(F)CNC(=O)OCc3ccccc3)nc3c(S(=O)(=O)c4ccccc4)nc4[nH]ccc4c32)CC1. The van der Waals surface area contributed by atoms with Crippen LogP contribution in [0, 0.1) is 0 Å². The quantitative estimate of drug-likeness (QED) is 0.246. The highest BCUT2D eigenvalue weighted by Crippen LogP contribution is 2.40. The molecule has 2 aromatic carbocycles. The summed E-state index contributed by atoms with van der Waals surface area (Å²) in [6, 6.07) is 17.4. The Morgan fingerprint density at radius 3 is 2.36 bits per heavy atom.